The van der Waals surface area contributed by atoms with Crippen molar-refractivity contribution in [2.75, 3.05) is 25.2 Å². The van der Waals surface area contributed by atoms with Crippen molar-refractivity contribution in [2.24, 2.45) is 0 Å². The molecule has 1 fully saturated rings. The molecule has 0 aromatic heterocycles. The van der Waals surface area contributed by atoms with Crippen molar-refractivity contribution in [1.29, 1.82) is 0 Å². The molecule has 30 heavy (non-hydrogen) atoms. The van der Waals surface area contributed by atoms with Crippen LogP contribution in [0, 0.1) is 0 Å². The van der Waals surface area contributed by atoms with Crippen LogP contribution in [0.25, 0.3) is 6.08 Å². The van der Waals surface area contributed by atoms with Gasteiger partial charge in [0.05, 0.1) is 24.3 Å². The summed E-state index contributed by atoms with van der Waals surface area (Å²) in [7, 11) is 1.58. The number of hydrogen-bond donors (Lipinski definition) is 1. The Morgan fingerprint density at radius 2 is 1.90 bits per heavy atom. The van der Waals surface area contributed by atoms with E-state index in [4.69, 9.17) is 31.5 Å². The van der Waals surface area contributed by atoms with Crippen LogP contribution >= 0.6 is 24.0 Å². The number of anilines is 1. The zero-order valence-electron chi connectivity index (χ0n) is 16.3. The second-order valence-corrected chi connectivity index (χ2v) is 7.71. The molecule has 0 bridgehead atoms. The van der Waals surface area contributed by atoms with Gasteiger partial charge in [0.1, 0.15) is 5.75 Å². The molecule has 0 atom stereocenters. The summed E-state index contributed by atoms with van der Waals surface area (Å²) in [6, 6.07) is 12.1. The van der Waals surface area contributed by atoms with E-state index in [1.54, 1.807) is 55.7 Å². The van der Waals surface area contributed by atoms with Gasteiger partial charge in [-0.25, -0.2) is 4.79 Å². The molecular formula is C21H19NO6S2. The number of amides is 1. The molecule has 1 N–H and O–H groups in total. The molecular weight excluding hydrogens is 426 g/mol. The second kappa shape index (κ2) is 9.64. The summed E-state index contributed by atoms with van der Waals surface area (Å²) in [5, 5.41) is 8.80. The van der Waals surface area contributed by atoms with E-state index in [-0.39, 0.29) is 5.91 Å². The lowest BCUT2D eigenvalue weighted by Crippen LogP contribution is -2.27. The molecule has 1 amide bonds. The number of carbonyl (C=O) groups excluding carboxylic acids is 1. The van der Waals surface area contributed by atoms with E-state index in [2.05, 4.69) is 0 Å². The van der Waals surface area contributed by atoms with E-state index < -0.39 is 12.6 Å². The summed E-state index contributed by atoms with van der Waals surface area (Å²) >= 11 is 6.60. The first kappa shape index (κ1) is 21.7. The molecule has 1 heterocycles. The number of carbonyl (C=O) groups is 2. The van der Waals surface area contributed by atoms with Crippen molar-refractivity contribution in [3.05, 3.63) is 52.9 Å². The van der Waals surface area contributed by atoms with Gasteiger partial charge in [-0.05, 0) is 55.0 Å². The largest absolute Gasteiger partial charge is 0.497 e. The molecule has 7 nitrogen and oxygen atoms in total. The first-order valence-corrected chi connectivity index (χ1v) is 10.2. The average molecular weight is 446 g/mol. The van der Waals surface area contributed by atoms with E-state index in [1.807, 2.05) is 6.92 Å². The Hall–Kier alpha value is -3.04. The van der Waals surface area contributed by atoms with Crippen LogP contribution in [0.4, 0.5) is 5.69 Å². The van der Waals surface area contributed by atoms with E-state index in [9.17, 15) is 9.59 Å². The fraction of sp³-hybridized carbons (Fsp3) is 0.190. The normalized spacial score (nSPS) is 14.9. The summed E-state index contributed by atoms with van der Waals surface area (Å²) in [6.45, 7) is 1.72. The van der Waals surface area contributed by atoms with Gasteiger partial charge in [-0.15, -0.1) is 0 Å². The molecule has 3 rings (SSSR count). The van der Waals surface area contributed by atoms with Crippen LogP contribution < -0.4 is 19.1 Å². The number of ether oxygens (including phenoxy) is 3. The Labute approximate surface area is 183 Å². The number of nitrogens with zero attached hydrogens (tertiary/aromatic N) is 1. The lowest BCUT2D eigenvalue weighted by Gasteiger charge is -2.14. The quantitative estimate of drug-likeness (QED) is 0.483. The van der Waals surface area contributed by atoms with Gasteiger partial charge in [-0.2, -0.15) is 0 Å². The van der Waals surface area contributed by atoms with Crippen LogP contribution in [-0.4, -0.2) is 41.6 Å². The fourth-order valence-electron chi connectivity index (χ4n) is 2.71. The van der Waals surface area contributed by atoms with E-state index in [0.29, 0.717) is 44.3 Å². The Kier molecular flexibility index (Phi) is 6.96. The predicted molar refractivity (Wildman–Crippen MR) is 119 cm³/mol. The molecule has 1 aliphatic rings. The van der Waals surface area contributed by atoms with Crippen LogP contribution in [0.3, 0.4) is 0 Å². The highest BCUT2D eigenvalue weighted by Crippen LogP contribution is 2.37. The number of carboxylic acids is 1. The SMILES string of the molecule is CCOc1cc(/C=C2\SC(=S)N(c3ccc(OC)cc3)C2=O)ccc1OCC(=O)O. The molecule has 2 aromatic carbocycles. The molecule has 0 unspecified atom stereocenters. The molecule has 2 aromatic rings. The van der Waals surface area contributed by atoms with Crippen molar-refractivity contribution >= 4 is 51.9 Å². The van der Waals surface area contributed by atoms with Crippen molar-refractivity contribution in [3.8, 4) is 17.2 Å². The molecule has 9 heteroatoms. The first-order chi connectivity index (χ1) is 14.4. The molecule has 0 saturated carbocycles. The Bertz CT molecular complexity index is 1000. The second-order valence-electron chi connectivity index (χ2n) is 6.04. The number of carboxylic acid groups (broad SMARTS) is 1. The van der Waals surface area contributed by atoms with Crippen LogP contribution in [0.5, 0.6) is 17.2 Å². The number of aliphatic carboxylic acids is 1. The van der Waals surface area contributed by atoms with Gasteiger partial charge in [0, 0.05) is 0 Å². The number of rotatable bonds is 8. The van der Waals surface area contributed by atoms with E-state index >= 15 is 0 Å². The predicted octanol–water partition coefficient (Wildman–Crippen LogP) is 3.96. The smallest absolute Gasteiger partial charge is 0.341 e. The summed E-state index contributed by atoms with van der Waals surface area (Å²) in [6.07, 6.45) is 1.71. The third-order valence-corrected chi connectivity index (χ3v) is 5.34. The molecule has 0 aliphatic carbocycles. The minimum atomic E-state index is -1.08. The van der Waals surface area contributed by atoms with Crippen LogP contribution in [-0.2, 0) is 9.59 Å². The summed E-state index contributed by atoms with van der Waals surface area (Å²) < 4.78 is 16.4. The van der Waals surface area contributed by atoms with Crippen molar-refractivity contribution < 1.29 is 28.9 Å². The third kappa shape index (κ3) is 4.92. The average Bonchev–Trinajstić information content (AvgIpc) is 3.00. The van der Waals surface area contributed by atoms with Crippen LogP contribution in [0.1, 0.15) is 12.5 Å². The van der Waals surface area contributed by atoms with Gasteiger partial charge < -0.3 is 19.3 Å². The van der Waals surface area contributed by atoms with E-state index in [1.165, 1.54) is 16.7 Å². The summed E-state index contributed by atoms with van der Waals surface area (Å²) in [4.78, 5) is 25.6. The maximum absolute atomic E-state index is 12.9. The van der Waals surface area contributed by atoms with Gasteiger partial charge in [0.2, 0.25) is 0 Å². The number of benzene rings is 2. The van der Waals surface area contributed by atoms with Gasteiger partial charge in [0.15, 0.2) is 22.4 Å². The fourth-order valence-corrected chi connectivity index (χ4v) is 4.01. The van der Waals surface area contributed by atoms with Crippen LogP contribution in [0.2, 0.25) is 0 Å². The Balaban J connectivity index is 1.85. The van der Waals surface area contributed by atoms with E-state index in [0.717, 1.165) is 0 Å². The molecule has 0 spiro atoms. The molecule has 0 radical (unpaired) electrons. The number of methoxy groups -OCH3 is 1. The zero-order valence-corrected chi connectivity index (χ0v) is 17.9. The lowest BCUT2D eigenvalue weighted by atomic mass is 10.1. The lowest BCUT2D eigenvalue weighted by molar-refractivity contribution is -0.139. The number of hydrogen-bond acceptors (Lipinski definition) is 7. The maximum Gasteiger partial charge on any atom is 0.341 e. The number of thioether (sulfide) groups is 1. The monoisotopic (exact) mass is 445 g/mol. The highest BCUT2D eigenvalue weighted by molar-refractivity contribution is 8.27. The van der Waals surface area contributed by atoms with Gasteiger partial charge in [-0.3, -0.25) is 9.69 Å². The Morgan fingerprint density at radius 1 is 1.17 bits per heavy atom. The maximum atomic E-state index is 12.9. The van der Waals surface area contributed by atoms with Gasteiger partial charge in [0.25, 0.3) is 5.91 Å². The van der Waals surface area contributed by atoms with Crippen LogP contribution in [0.15, 0.2) is 47.4 Å². The van der Waals surface area contributed by atoms with Gasteiger partial charge in [-0.1, -0.05) is 30.0 Å². The highest BCUT2D eigenvalue weighted by Gasteiger charge is 2.33. The molecule has 1 aliphatic heterocycles. The standard InChI is InChI=1S/C21H19NO6S2/c1-3-27-17-10-13(4-9-16(17)28-12-19(23)24)11-18-20(25)22(21(29)30-18)14-5-7-15(26-2)8-6-14/h4-11H,3,12H2,1-2H3,(H,23,24)/b18-11-. The Morgan fingerprint density at radius 3 is 2.53 bits per heavy atom. The third-order valence-electron chi connectivity index (χ3n) is 4.04. The minimum Gasteiger partial charge on any atom is -0.497 e. The van der Waals surface area contributed by atoms with Crippen molar-refractivity contribution in [3.63, 3.8) is 0 Å². The zero-order chi connectivity index (χ0) is 21.7. The summed E-state index contributed by atoms with van der Waals surface area (Å²) in [5.74, 6) is 0.108. The topological polar surface area (TPSA) is 85.3 Å². The van der Waals surface area contributed by atoms with Gasteiger partial charge >= 0.3 is 5.97 Å². The summed E-state index contributed by atoms with van der Waals surface area (Å²) in [5.41, 5.74) is 1.37. The first-order valence-electron chi connectivity index (χ1n) is 8.96. The minimum absolute atomic E-state index is 0.223. The molecule has 1 saturated heterocycles. The van der Waals surface area contributed by atoms with Crippen molar-refractivity contribution in [1.82, 2.24) is 0 Å². The highest BCUT2D eigenvalue weighted by atomic mass is 32.2. The van der Waals surface area contributed by atoms with Crippen molar-refractivity contribution in [2.45, 2.75) is 6.92 Å². The molecule has 156 valence electrons. The number of thiocarbonyl (C=S) groups is 1.